The molecule has 2 heterocycles. The number of primary amides is 1. The van der Waals surface area contributed by atoms with Crippen molar-refractivity contribution < 1.29 is 4.79 Å². The highest BCUT2D eigenvalue weighted by Crippen LogP contribution is 2.28. The van der Waals surface area contributed by atoms with E-state index >= 15 is 0 Å². The molecule has 4 rings (SSSR count). The number of hydrogen-bond donors (Lipinski definition) is 1. The van der Waals surface area contributed by atoms with Crippen molar-refractivity contribution >= 4 is 27.8 Å². The number of hydrogen-bond acceptors (Lipinski definition) is 2. The van der Waals surface area contributed by atoms with Crippen molar-refractivity contribution in [2.24, 2.45) is 12.8 Å². The molecule has 0 aliphatic carbocycles. The minimum Gasteiger partial charge on any atom is -0.366 e. The summed E-state index contributed by atoms with van der Waals surface area (Å²) in [7, 11) is 1.98. The molecule has 5 nitrogen and oxygen atoms in total. The van der Waals surface area contributed by atoms with Crippen molar-refractivity contribution in [1.29, 1.82) is 0 Å². The fourth-order valence-electron chi connectivity index (χ4n) is 3.18. The average molecular weight is 317 g/mol. The number of benzene rings is 2. The van der Waals surface area contributed by atoms with Crippen LogP contribution < -0.4 is 11.3 Å². The second-order valence-electron chi connectivity index (χ2n) is 5.73. The molecule has 2 aromatic heterocycles. The molecule has 2 N–H and O–H groups in total. The average Bonchev–Trinajstić information content (AvgIpc) is 2.88. The predicted molar refractivity (Wildman–Crippen MR) is 94.5 cm³/mol. The lowest BCUT2D eigenvalue weighted by Crippen LogP contribution is -2.17. The van der Waals surface area contributed by atoms with Crippen molar-refractivity contribution in [1.82, 2.24) is 9.13 Å². The van der Waals surface area contributed by atoms with Crippen molar-refractivity contribution in [2.45, 2.75) is 0 Å². The van der Waals surface area contributed by atoms with E-state index in [1.54, 1.807) is 34.9 Å². The molecule has 4 aromatic rings. The molecule has 2 aromatic carbocycles. The van der Waals surface area contributed by atoms with Gasteiger partial charge in [-0.3, -0.25) is 14.2 Å². The van der Waals surface area contributed by atoms with Crippen LogP contribution in [0, 0.1) is 0 Å². The van der Waals surface area contributed by atoms with Crippen molar-refractivity contribution in [3.8, 4) is 5.69 Å². The van der Waals surface area contributed by atoms with E-state index in [1.807, 2.05) is 37.4 Å². The molecule has 0 atom stereocenters. The number of carbonyl (C=O) groups is 1. The number of aromatic nitrogens is 2. The number of rotatable bonds is 2. The highest BCUT2D eigenvalue weighted by molar-refractivity contribution is 6.06. The van der Waals surface area contributed by atoms with Gasteiger partial charge in [0.05, 0.1) is 16.6 Å². The van der Waals surface area contributed by atoms with Crippen LogP contribution in [-0.2, 0) is 7.05 Å². The molecule has 1 amide bonds. The number of para-hydroxylation sites is 1. The van der Waals surface area contributed by atoms with Crippen LogP contribution in [0.15, 0.2) is 65.5 Å². The largest absolute Gasteiger partial charge is 0.366 e. The van der Waals surface area contributed by atoms with Crippen LogP contribution in [0.1, 0.15) is 10.4 Å². The molecule has 118 valence electrons. The van der Waals surface area contributed by atoms with E-state index < -0.39 is 5.91 Å². The molecular weight excluding hydrogens is 302 g/mol. The molecule has 0 bridgehead atoms. The zero-order chi connectivity index (χ0) is 16.8. The second kappa shape index (κ2) is 5.09. The molecule has 0 unspecified atom stereocenters. The molecular formula is C19H15N3O2. The highest BCUT2D eigenvalue weighted by atomic mass is 16.1. The first-order chi connectivity index (χ1) is 11.6. The third-order valence-corrected chi connectivity index (χ3v) is 4.36. The molecule has 0 aliphatic heterocycles. The minimum atomic E-state index is -0.489. The third-order valence-electron chi connectivity index (χ3n) is 4.36. The van der Waals surface area contributed by atoms with E-state index in [0.717, 1.165) is 21.9 Å². The maximum absolute atomic E-state index is 12.6. The third kappa shape index (κ3) is 1.95. The summed E-state index contributed by atoms with van der Waals surface area (Å²) in [6, 6.07) is 18.1. The van der Waals surface area contributed by atoms with E-state index in [4.69, 9.17) is 5.73 Å². The Morgan fingerprint density at radius 1 is 0.917 bits per heavy atom. The number of pyridine rings is 1. The van der Waals surface area contributed by atoms with Crippen molar-refractivity contribution in [3.63, 3.8) is 0 Å². The molecule has 0 saturated heterocycles. The Balaban J connectivity index is 2.11. The Labute approximate surface area is 137 Å². The summed E-state index contributed by atoms with van der Waals surface area (Å²) < 4.78 is 3.74. The lowest BCUT2D eigenvalue weighted by molar-refractivity contribution is 0.100. The summed E-state index contributed by atoms with van der Waals surface area (Å²) in [4.78, 5) is 23.8. The Morgan fingerprint density at radius 3 is 2.33 bits per heavy atom. The summed E-state index contributed by atoms with van der Waals surface area (Å²) in [6.07, 6.45) is 0. The van der Waals surface area contributed by atoms with E-state index in [9.17, 15) is 9.59 Å². The number of carbonyl (C=O) groups excluding carboxylic acids is 1. The quantitative estimate of drug-likeness (QED) is 0.617. The standard InChI is InChI=1S/C19H15N3O2/c1-21-15-5-3-2-4-14(15)18-16(21)10-11-17(23)22(18)13-8-6-12(7-9-13)19(20)24/h2-11H,1H3,(H2,20,24). The van der Waals surface area contributed by atoms with Crippen LogP contribution in [0.5, 0.6) is 0 Å². The van der Waals surface area contributed by atoms with Gasteiger partial charge >= 0.3 is 0 Å². The van der Waals surface area contributed by atoms with Crippen LogP contribution in [0.25, 0.3) is 27.6 Å². The highest BCUT2D eigenvalue weighted by Gasteiger charge is 2.14. The van der Waals surface area contributed by atoms with Gasteiger partial charge in [-0.15, -0.1) is 0 Å². The number of aryl methyl sites for hydroxylation is 1. The van der Waals surface area contributed by atoms with Crippen LogP contribution in [0.2, 0.25) is 0 Å². The SMILES string of the molecule is Cn1c2ccccc2c2c1ccc(=O)n2-c1ccc(C(N)=O)cc1. The molecule has 5 heteroatoms. The van der Waals surface area contributed by atoms with E-state index in [1.165, 1.54) is 0 Å². The first-order valence-corrected chi connectivity index (χ1v) is 7.57. The Morgan fingerprint density at radius 2 is 1.62 bits per heavy atom. The number of nitrogens with two attached hydrogens (primary N) is 1. The summed E-state index contributed by atoms with van der Waals surface area (Å²) in [5.41, 5.74) is 9.16. The lowest BCUT2D eigenvalue weighted by Gasteiger charge is -2.09. The maximum atomic E-state index is 12.6. The zero-order valence-electron chi connectivity index (χ0n) is 13.1. The van der Waals surface area contributed by atoms with Gasteiger partial charge in [-0.2, -0.15) is 0 Å². The van der Waals surface area contributed by atoms with Gasteiger partial charge in [-0.05, 0) is 36.4 Å². The number of fused-ring (bicyclic) bond motifs is 3. The monoisotopic (exact) mass is 317 g/mol. The van der Waals surface area contributed by atoms with E-state index in [0.29, 0.717) is 11.3 Å². The lowest BCUT2D eigenvalue weighted by atomic mass is 10.1. The molecule has 0 radical (unpaired) electrons. The first kappa shape index (κ1) is 14.3. The van der Waals surface area contributed by atoms with Crippen LogP contribution in [0.4, 0.5) is 0 Å². The van der Waals surface area contributed by atoms with Crippen molar-refractivity contribution in [2.75, 3.05) is 0 Å². The molecule has 0 aliphatic rings. The minimum absolute atomic E-state index is 0.120. The summed E-state index contributed by atoms with van der Waals surface area (Å²) >= 11 is 0. The summed E-state index contributed by atoms with van der Waals surface area (Å²) in [5, 5.41) is 1.01. The number of nitrogens with zero attached hydrogens (tertiary/aromatic N) is 2. The van der Waals surface area contributed by atoms with Crippen LogP contribution in [0.3, 0.4) is 0 Å². The molecule has 0 saturated carbocycles. The maximum Gasteiger partial charge on any atom is 0.255 e. The normalized spacial score (nSPS) is 11.2. The zero-order valence-corrected chi connectivity index (χ0v) is 13.1. The van der Waals surface area contributed by atoms with Crippen LogP contribution in [-0.4, -0.2) is 15.0 Å². The van der Waals surface area contributed by atoms with E-state index in [-0.39, 0.29) is 5.56 Å². The second-order valence-corrected chi connectivity index (χ2v) is 5.73. The van der Waals surface area contributed by atoms with Gasteiger partial charge < -0.3 is 10.3 Å². The van der Waals surface area contributed by atoms with Gasteiger partial charge in [0, 0.05) is 29.8 Å². The van der Waals surface area contributed by atoms with Gasteiger partial charge in [-0.1, -0.05) is 18.2 Å². The molecule has 0 spiro atoms. The van der Waals surface area contributed by atoms with Gasteiger partial charge in [0.2, 0.25) is 5.91 Å². The van der Waals surface area contributed by atoms with Gasteiger partial charge in [-0.25, -0.2) is 0 Å². The topological polar surface area (TPSA) is 70.0 Å². The van der Waals surface area contributed by atoms with Crippen LogP contribution >= 0.6 is 0 Å². The molecule has 0 fully saturated rings. The Hall–Kier alpha value is -3.34. The fraction of sp³-hybridized carbons (Fsp3) is 0.0526. The van der Waals surface area contributed by atoms with Gasteiger partial charge in [0.1, 0.15) is 0 Å². The molecule has 24 heavy (non-hydrogen) atoms. The fourth-order valence-corrected chi connectivity index (χ4v) is 3.18. The Kier molecular flexibility index (Phi) is 3.03. The Bertz CT molecular complexity index is 1150. The van der Waals surface area contributed by atoms with Gasteiger partial charge in [0.25, 0.3) is 5.56 Å². The smallest absolute Gasteiger partial charge is 0.255 e. The van der Waals surface area contributed by atoms with Crippen molar-refractivity contribution in [3.05, 3.63) is 76.6 Å². The summed E-state index contributed by atoms with van der Waals surface area (Å²) in [6.45, 7) is 0. The summed E-state index contributed by atoms with van der Waals surface area (Å²) in [5.74, 6) is -0.489. The van der Waals surface area contributed by atoms with E-state index in [2.05, 4.69) is 4.57 Å². The first-order valence-electron chi connectivity index (χ1n) is 7.57. The number of amides is 1. The predicted octanol–water partition coefficient (Wildman–Crippen LogP) is 2.58. The van der Waals surface area contributed by atoms with Gasteiger partial charge in [0.15, 0.2) is 0 Å².